The van der Waals surface area contributed by atoms with Crippen molar-refractivity contribution in [2.24, 2.45) is 0 Å². The van der Waals surface area contributed by atoms with Gasteiger partial charge in [0, 0.05) is 31.0 Å². The number of benzene rings is 1. The van der Waals surface area contributed by atoms with Gasteiger partial charge < -0.3 is 10.2 Å². The lowest BCUT2D eigenvalue weighted by Gasteiger charge is -2.33. The van der Waals surface area contributed by atoms with Crippen LogP contribution >= 0.6 is 0 Å². The number of carbonyl (C=O) groups is 2. The molecular weight excluding hydrogens is 342 g/mol. The summed E-state index contributed by atoms with van der Waals surface area (Å²) >= 11 is 0. The highest BCUT2D eigenvalue weighted by atomic mass is 16.2. The summed E-state index contributed by atoms with van der Waals surface area (Å²) in [6.45, 7) is 2.69. The summed E-state index contributed by atoms with van der Waals surface area (Å²) in [7, 11) is 0. The number of anilines is 1. The lowest BCUT2D eigenvalue weighted by molar-refractivity contribution is -0.119. The predicted octanol–water partition coefficient (Wildman–Crippen LogP) is 1.26. The summed E-state index contributed by atoms with van der Waals surface area (Å²) < 4.78 is 0. The van der Waals surface area contributed by atoms with Gasteiger partial charge in [0.2, 0.25) is 5.91 Å². The number of para-hydroxylation sites is 1. The highest BCUT2D eigenvalue weighted by Crippen LogP contribution is 2.27. The van der Waals surface area contributed by atoms with Crippen molar-refractivity contribution in [1.82, 2.24) is 20.2 Å². The maximum Gasteiger partial charge on any atom is 0.270 e. The van der Waals surface area contributed by atoms with Gasteiger partial charge in [0.25, 0.3) is 5.91 Å². The Bertz CT molecular complexity index is 826. The number of nitrogens with zero attached hydrogens (tertiary/aromatic N) is 4. The van der Waals surface area contributed by atoms with E-state index in [-0.39, 0.29) is 17.9 Å². The van der Waals surface area contributed by atoms with Crippen molar-refractivity contribution in [1.29, 1.82) is 0 Å². The van der Waals surface area contributed by atoms with Crippen LogP contribution in [0.25, 0.3) is 0 Å². The molecule has 0 bridgehead atoms. The van der Waals surface area contributed by atoms with Crippen LogP contribution in [-0.2, 0) is 11.2 Å². The first kappa shape index (κ1) is 17.6. The van der Waals surface area contributed by atoms with E-state index in [0.717, 1.165) is 38.0 Å². The Morgan fingerprint density at radius 2 is 2.07 bits per heavy atom. The van der Waals surface area contributed by atoms with Gasteiger partial charge >= 0.3 is 0 Å². The van der Waals surface area contributed by atoms with Crippen molar-refractivity contribution < 1.29 is 9.59 Å². The third kappa shape index (κ3) is 3.98. The van der Waals surface area contributed by atoms with Gasteiger partial charge in [-0.05, 0) is 43.5 Å². The predicted molar refractivity (Wildman–Crippen MR) is 101 cm³/mol. The third-order valence-electron chi connectivity index (χ3n) is 5.20. The minimum Gasteiger partial charge on any atom is -0.347 e. The molecule has 140 valence electrons. The van der Waals surface area contributed by atoms with Crippen LogP contribution in [0.3, 0.4) is 0 Å². The first-order valence-corrected chi connectivity index (χ1v) is 9.38. The standard InChI is InChI=1S/C20H23N5O2/c26-19(25-11-8-15-4-1-2-6-18(15)25)13-24-10-3-5-16(12-24)23-20(27)17-7-9-21-14-22-17/h1-2,4,6-7,9,14,16H,3,5,8,10-13H2,(H,23,27). The fourth-order valence-electron chi connectivity index (χ4n) is 3.88. The van der Waals surface area contributed by atoms with Crippen molar-refractivity contribution in [2.75, 3.05) is 31.1 Å². The smallest absolute Gasteiger partial charge is 0.270 e. The Hall–Kier alpha value is -2.80. The summed E-state index contributed by atoms with van der Waals surface area (Å²) in [6, 6.07) is 9.72. The number of carbonyl (C=O) groups excluding carboxylic acids is 2. The number of hydrogen-bond acceptors (Lipinski definition) is 5. The molecule has 4 rings (SSSR count). The normalized spacial score (nSPS) is 19.6. The Morgan fingerprint density at radius 1 is 1.19 bits per heavy atom. The Balaban J connectivity index is 1.34. The number of likely N-dealkylation sites (tertiary alicyclic amines) is 1. The lowest BCUT2D eigenvalue weighted by Crippen LogP contribution is -2.50. The lowest BCUT2D eigenvalue weighted by atomic mass is 10.1. The van der Waals surface area contributed by atoms with E-state index in [0.29, 0.717) is 18.8 Å². The highest BCUT2D eigenvalue weighted by Gasteiger charge is 2.28. The van der Waals surface area contributed by atoms with E-state index in [1.54, 1.807) is 12.3 Å². The second-order valence-electron chi connectivity index (χ2n) is 7.07. The van der Waals surface area contributed by atoms with Gasteiger partial charge in [0.05, 0.1) is 6.54 Å². The summed E-state index contributed by atoms with van der Waals surface area (Å²) in [6.07, 6.45) is 5.71. The molecule has 7 heteroatoms. The molecule has 1 N–H and O–H groups in total. The van der Waals surface area contributed by atoms with Gasteiger partial charge in [-0.25, -0.2) is 9.97 Å². The van der Waals surface area contributed by atoms with Gasteiger partial charge in [-0.3, -0.25) is 14.5 Å². The molecule has 1 saturated heterocycles. The SMILES string of the molecule is O=C(NC1CCCN(CC(=O)N2CCc3ccccc32)C1)c1ccncn1. The van der Waals surface area contributed by atoms with E-state index in [4.69, 9.17) is 0 Å². The van der Waals surface area contributed by atoms with Crippen LogP contribution in [-0.4, -0.2) is 58.9 Å². The average Bonchev–Trinajstić information content (AvgIpc) is 3.13. The van der Waals surface area contributed by atoms with Crippen LogP contribution in [0.2, 0.25) is 0 Å². The van der Waals surface area contributed by atoms with Gasteiger partial charge in [0.1, 0.15) is 12.0 Å². The quantitative estimate of drug-likeness (QED) is 0.883. The Kier molecular flexibility index (Phi) is 5.11. The average molecular weight is 365 g/mol. The molecule has 2 aromatic rings. The molecule has 0 radical (unpaired) electrons. The van der Waals surface area contributed by atoms with Crippen LogP contribution in [0.1, 0.15) is 28.9 Å². The molecule has 7 nitrogen and oxygen atoms in total. The maximum absolute atomic E-state index is 12.8. The van der Waals surface area contributed by atoms with E-state index in [2.05, 4.69) is 26.3 Å². The molecule has 2 aliphatic rings. The minimum absolute atomic E-state index is 0.0277. The fraction of sp³-hybridized carbons (Fsp3) is 0.400. The summed E-state index contributed by atoms with van der Waals surface area (Å²) in [4.78, 5) is 36.9. The van der Waals surface area contributed by atoms with Crippen molar-refractivity contribution in [3.63, 3.8) is 0 Å². The molecule has 3 heterocycles. The molecule has 27 heavy (non-hydrogen) atoms. The van der Waals surface area contributed by atoms with Gasteiger partial charge in [-0.2, -0.15) is 0 Å². The molecule has 2 amide bonds. The molecule has 0 aliphatic carbocycles. The zero-order chi connectivity index (χ0) is 18.6. The number of fused-ring (bicyclic) bond motifs is 1. The van der Waals surface area contributed by atoms with Crippen molar-refractivity contribution >= 4 is 17.5 Å². The zero-order valence-corrected chi connectivity index (χ0v) is 15.2. The molecular formula is C20H23N5O2. The minimum atomic E-state index is -0.191. The van der Waals surface area contributed by atoms with Crippen LogP contribution in [0, 0.1) is 0 Å². The first-order valence-electron chi connectivity index (χ1n) is 9.38. The second kappa shape index (κ2) is 7.84. The first-order chi connectivity index (χ1) is 13.2. The number of amides is 2. The maximum atomic E-state index is 12.8. The topological polar surface area (TPSA) is 78.4 Å². The van der Waals surface area contributed by atoms with Crippen molar-refractivity contribution in [2.45, 2.75) is 25.3 Å². The van der Waals surface area contributed by atoms with E-state index in [9.17, 15) is 9.59 Å². The highest BCUT2D eigenvalue weighted by molar-refractivity contribution is 5.96. The largest absolute Gasteiger partial charge is 0.347 e. The number of nitrogens with one attached hydrogen (secondary N) is 1. The Morgan fingerprint density at radius 3 is 2.93 bits per heavy atom. The van der Waals surface area contributed by atoms with Crippen LogP contribution in [0.5, 0.6) is 0 Å². The van der Waals surface area contributed by atoms with Gasteiger partial charge in [0.15, 0.2) is 0 Å². The molecule has 1 aromatic carbocycles. The summed E-state index contributed by atoms with van der Waals surface area (Å²) in [5, 5.41) is 3.03. The number of rotatable bonds is 4. The molecule has 0 saturated carbocycles. The molecule has 2 aliphatic heterocycles. The number of piperidine rings is 1. The summed E-state index contributed by atoms with van der Waals surface area (Å²) in [5.41, 5.74) is 2.64. The second-order valence-corrected chi connectivity index (χ2v) is 7.07. The number of hydrogen-bond donors (Lipinski definition) is 1. The van der Waals surface area contributed by atoms with E-state index < -0.39 is 0 Å². The van der Waals surface area contributed by atoms with E-state index in [1.807, 2.05) is 23.1 Å². The molecule has 0 spiro atoms. The van der Waals surface area contributed by atoms with Crippen molar-refractivity contribution in [3.05, 3.63) is 54.1 Å². The van der Waals surface area contributed by atoms with Gasteiger partial charge in [-0.1, -0.05) is 18.2 Å². The van der Waals surface area contributed by atoms with Crippen LogP contribution in [0.15, 0.2) is 42.9 Å². The van der Waals surface area contributed by atoms with Gasteiger partial charge in [-0.15, -0.1) is 0 Å². The summed E-state index contributed by atoms with van der Waals surface area (Å²) in [5.74, 6) is -0.0632. The molecule has 1 aromatic heterocycles. The van der Waals surface area contributed by atoms with Crippen LogP contribution < -0.4 is 10.2 Å². The zero-order valence-electron chi connectivity index (χ0n) is 15.2. The van der Waals surface area contributed by atoms with E-state index in [1.165, 1.54) is 11.9 Å². The fourth-order valence-corrected chi connectivity index (χ4v) is 3.88. The Labute approximate surface area is 158 Å². The van der Waals surface area contributed by atoms with E-state index >= 15 is 0 Å². The molecule has 1 atom stereocenters. The third-order valence-corrected chi connectivity index (χ3v) is 5.20. The van der Waals surface area contributed by atoms with Crippen LogP contribution in [0.4, 0.5) is 5.69 Å². The molecule has 1 unspecified atom stereocenters. The number of aromatic nitrogens is 2. The van der Waals surface area contributed by atoms with Crippen molar-refractivity contribution in [3.8, 4) is 0 Å². The monoisotopic (exact) mass is 365 g/mol. The molecule has 1 fully saturated rings.